The molecule has 0 aliphatic carbocycles. The Morgan fingerprint density at radius 3 is 1.45 bits per heavy atom. The Morgan fingerprint density at radius 2 is 1.15 bits per heavy atom. The van der Waals surface area contributed by atoms with Crippen LogP contribution < -0.4 is 0 Å². The van der Waals surface area contributed by atoms with Crippen molar-refractivity contribution >= 4 is 7.37 Å². The monoisotopic (exact) mass is 342 g/mol. The van der Waals surface area contributed by atoms with Crippen molar-refractivity contribution in [1.29, 1.82) is 0 Å². The summed E-state index contributed by atoms with van der Waals surface area (Å²) >= 11 is 0. The van der Waals surface area contributed by atoms with Gasteiger partial charge in [-0.1, -0.05) is 79.1 Å². The Labute approximate surface area is 137 Å². The number of hydrogen-bond donors (Lipinski definition) is 1. The van der Waals surface area contributed by atoms with Crippen molar-refractivity contribution in [3.8, 4) is 0 Å². The van der Waals surface area contributed by atoms with E-state index in [0.717, 1.165) is 25.7 Å². The molecule has 0 aliphatic rings. The van der Waals surface area contributed by atoms with Crippen molar-refractivity contribution in [3.05, 3.63) is 0 Å². The van der Waals surface area contributed by atoms with Crippen molar-refractivity contribution in [2.45, 2.75) is 103 Å². The molecule has 2 atom stereocenters. The third-order valence-electron chi connectivity index (χ3n) is 4.21. The third kappa shape index (κ3) is 9.62. The van der Waals surface area contributed by atoms with Crippen molar-refractivity contribution in [3.63, 3.8) is 0 Å². The fourth-order valence-corrected chi connectivity index (χ4v) is 4.51. The normalized spacial score (nSPS) is 17.1. The van der Waals surface area contributed by atoms with E-state index in [1.165, 1.54) is 38.5 Å². The number of rotatable bonds is 12. The van der Waals surface area contributed by atoms with Crippen LogP contribution >= 0.6 is 7.37 Å². The quantitative estimate of drug-likeness (QED) is 0.350. The van der Waals surface area contributed by atoms with E-state index in [4.69, 9.17) is 0 Å². The van der Waals surface area contributed by atoms with E-state index in [1.54, 1.807) is 0 Å². The van der Waals surface area contributed by atoms with Crippen molar-refractivity contribution in [2.24, 2.45) is 0 Å². The summed E-state index contributed by atoms with van der Waals surface area (Å²) in [5.41, 5.74) is -0.0453. The minimum absolute atomic E-state index is 0. The Balaban J connectivity index is 0. The van der Waals surface area contributed by atoms with Gasteiger partial charge in [-0.2, -0.15) is 0 Å². The molecule has 0 aliphatic heterocycles. The van der Waals surface area contributed by atoms with E-state index in [9.17, 15) is 9.46 Å². The Kier molecular flexibility index (Phi) is 15.4. The number of unbranched alkanes of at least 4 members (excludes halogenated alkanes) is 6. The maximum absolute atomic E-state index is 12.5. The summed E-state index contributed by atoms with van der Waals surface area (Å²) in [5, 5.41) is 0. The van der Waals surface area contributed by atoms with E-state index < -0.39 is 7.37 Å². The summed E-state index contributed by atoms with van der Waals surface area (Å²) < 4.78 is 12.5. The van der Waals surface area contributed by atoms with Crippen molar-refractivity contribution < 1.29 is 26.8 Å². The van der Waals surface area contributed by atoms with Gasteiger partial charge in [-0.05, 0) is 12.8 Å². The van der Waals surface area contributed by atoms with E-state index in [2.05, 4.69) is 13.8 Å². The predicted octanol–water partition coefficient (Wildman–Crippen LogP) is 5.97. The van der Waals surface area contributed by atoms with Gasteiger partial charge in [0.05, 0.1) is 0 Å². The van der Waals surface area contributed by atoms with E-state index in [0.29, 0.717) is 0 Å². The van der Waals surface area contributed by atoms with Gasteiger partial charge in [-0.3, -0.25) is 4.57 Å². The molecule has 0 spiro atoms. The van der Waals surface area contributed by atoms with Crippen LogP contribution in [0.4, 0.5) is 0 Å². The average Bonchev–Trinajstić information content (AvgIpc) is 2.39. The molecule has 1 N–H and O–H groups in total. The van der Waals surface area contributed by atoms with Crippen molar-refractivity contribution in [2.75, 3.05) is 0 Å². The van der Waals surface area contributed by atoms with E-state index in [1.807, 2.05) is 13.8 Å². The second-order valence-corrected chi connectivity index (χ2v) is 9.18. The molecule has 0 aromatic rings. The van der Waals surface area contributed by atoms with Crippen LogP contribution in [0.2, 0.25) is 0 Å². The molecule has 0 saturated carbocycles. The summed E-state index contributed by atoms with van der Waals surface area (Å²) in [6.07, 6.45) is 11.4. The standard InChI is InChI=1S/C16H35O2P.Cr/c1-5-7-9-11-13-15(3)19(17,18)16(4)14-12-10-8-6-2;/h15-16H,5-14H2,1-4H3,(H,17,18);. The molecule has 0 heterocycles. The maximum Gasteiger partial charge on any atom is 0.206 e. The number of hydrogen-bond acceptors (Lipinski definition) is 1. The first-order valence-corrected chi connectivity index (χ1v) is 10.1. The molecule has 0 rings (SSSR count). The van der Waals surface area contributed by atoms with Crippen LogP contribution in [0, 0.1) is 0 Å². The van der Waals surface area contributed by atoms with Crippen LogP contribution in [0.1, 0.15) is 91.9 Å². The third-order valence-corrected chi connectivity index (χ3v) is 7.26. The van der Waals surface area contributed by atoms with Crippen LogP contribution in [-0.4, -0.2) is 16.2 Å². The molecule has 20 heavy (non-hydrogen) atoms. The molecule has 0 radical (unpaired) electrons. The molecule has 4 heteroatoms. The molecule has 0 saturated heterocycles. The molecule has 2 nitrogen and oxygen atoms in total. The smallest absolute Gasteiger partial charge is 0.206 e. The Bertz CT molecular complexity index is 237. The van der Waals surface area contributed by atoms with E-state index in [-0.39, 0.29) is 28.7 Å². The van der Waals surface area contributed by atoms with Gasteiger partial charge in [0.2, 0.25) is 7.37 Å². The second-order valence-electron chi connectivity index (χ2n) is 6.07. The van der Waals surface area contributed by atoms with Gasteiger partial charge in [0.1, 0.15) is 0 Å². The molecule has 2 unspecified atom stereocenters. The first kappa shape index (κ1) is 23.0. The maximum atomic E-state index is 12.5. The first-order chi connectivity index (χ1) is 8.96. The van der Waals surface area contributed by atoms with Crippen LogP contribution in [0.5, 0.6) is 0 Å². The van der Waals surface area contributed by atoms with Crippen LogP contribution in [0.15, 0.2) is 0 Å². The van der Waals surface area contributed by atoms with Crippen LogP contribution in [-0.2, 0) is 21.9 Å². The largest absolute Gasteiger partial charge is 0.344 e. The Morgan fingerprint density at radius 1 is 0.800 bits per heavy atom. The van der Waals surface area contributed by atoms with Gasteiger partial charge < -0.3 is 4.89 Å². The molecule has 0 aromatic carbocycles. The van der Waals surface area contributed by atoms with Gasteiger partial charge in [0.25, 0.3) is 0 Å². The first-order valence-electron chi connectivity index (χ1n) is 8.28. The van der Waals surface area contributed by atoms with Crippen LogP contribution in [0.3, 0.4) is 0 Å². The summed E-state index contributed by atoms with van der Waals surface area (Å²) in [4.78, 5) is 10.3. The SMILES string of the molecule is CCCCCCC(C)P(=O)(O)C(C)CCCCCC.[Cr]. The van der Waals surface area contributed by atoms with E-state index >= 15 is 0 Å². The fourth-order valence-electron chi connectivity index (χ4n) is 2.54. The Hall–Kier alpha value is 0.722. The molecular formula is C16H35CrO2P. The van der Waals surface area contributed by atoms with Gasteiger partial charge in [0, 0.05) is 28.7 Å². The minimum atomic E-state index is -2.97. The molecule has 122 valence electrons. The van der Waals surface area contributed by atoms with Crippen molar-refractivity contribution in [1.82, 2.24) is 0 Å². The molecular weight excluding hydrogens is 307 g/mol. The van der Waals surface area contributed by atoms with Gasteiger partial charge >= 0.3 is 0 Å². The van der Waals surface area contributed by atoms with Gasteiger partial charge in [0.15, 0.2) is 0 Å². The summed E-state index contributed by atoms with van der Waals surface area (Å²) in [6, 6.07) is 0. The fraction of sp³-hybridized carbons (Fsp3) is 1.00. The van der Waals surface area contributed by atoms with Crippen LogP contribution in [0.25, 0.3) is 0 Å². The minimum Gasteiger partial charge on any atom is -0.344 e. The summed E-state index contributed by atoms with van der Waals surface area (Å²) in [7, 11) is -2.97. The van der Waals surface area contributed by atoms with Gasteiger partial charge in [-0.25, -0.2) is 0 Å². The summed E-state index contributed by atoms with van der Waals surface area (Å²) in [6.45, 7) is 8.32. The van der Waals surface area contributed by atoms with Gasteiger partial charge in [-0.15, -0.1) is 0 Å². The molecule has 0 amide bonds. The predicted molar refractivity (Wildman–Crippen MR) is 86.3 cm³/mol. The zero-order valence-corrected chi connectivity index (χ0v) is 16.1. The molecule has 0 aromatic heterocycles. The topological polar surface area (TPSA) is 37.3 Å². The summed E-state index contributed by atoms with van der Waals surface area (Å²) in [5.74, 6) is 0. The zero-order valence-electron chi connectivity index (χ0n) is 13.9. The zero-order chi connectivity index (χ0) is 14.7. The molecule has 0 bridgehead atoms. The average molecular weight is 342 g/mol. The molecule has 0 fully saturated rings. The second kappa shape index (κ2) is 13.4.